The fourth-order valence-corrected chi connectivity index (χ4v) is 8.31. The third-order valence-electron chi connectivity index (χ3n) is 13.0. The zero-order chi connectivity index (χ0) is 54.3. The molecule has 0 fully saturated rings. The molecule has 6 heteroatoms. The first-order valence-corrected chi connectivity index (χ1v) is 31.0. The summed E-state index contributed by atoms with van der Waals surface area (Å²) in [6.07, 6.45) is 86.3. The van der Waals surface area contributed by atoms with Crippen LogP contribution >= 0.6 is 0 Å². The highest BCUT2D eigenvalue weighted by Crippen LogP contribution is 2.15. The topological polar surface area (TPSA) is 78.9 Å². The first-order chi connectivity index (χ1) is 37.0. The summed E-state index contributed by atoms with van der Waals surface area (Å²) in [7, 11) is 0. The minimum absolute atomic E-state index is 0.0899. The van der Waals surface area contributed by atoms with Crippen LogP contribution in [0.5, 0.6) is 0 Å². The van der Waals surface area contributed by atoms with Gasteiger partial charge in [-0.1, -0.05) is 264 Å². The van der Waals surface area contributed by atoms with Gasteiger partial charge in [0.05, 0.1) is 0 Å². The molecule has 0 bridgehead atoms. The van der Waals surface area contributed by atoms with Crippen molar-refractivity contribution in [2.45, 2.75) is 284 Å². The predicted octanol–water partition coefficient (Wildman–Crippen LogP) is 21.2. The number of unbranched alkanes of at least 4 members (excludes halogenated alkanes) is 24. The molecule has 0 N–H and O–H groups in total. The fraction of sp³-hybridized carbons (Fsp3) is 0.667. The minimum Gasteiger partial charge on any atom is -0.462 e. The summed E-state index contributed by atoms with van der Waals surface area (Å²) < 4.78 is 16.8. The second-order valence-corrected chi connectivity index (χ2v) is 20.2. The third kappa shape index (κ3) is 60.6. The maximum atomic E-state index is 12.9. The smallest absolute Gasteiger partial charge is 0.306 e. The van der Waals surface area contributed by atoms with Gasteiger partial charge in [-0.3, -0.25) is 14.4 Å². The number of allylic oxidation sites excluding steroid dienone is 20. The normalized spacial score (nSPS) is 12.9. The molecular formula is C69H114O6. The molecule has 0 aliphatic carbocycles. The monoisotopic (exact) mass is 1040 g/mol. The van der Waals surface area contributed by atoms with E-state index in [9.17, 15) is 14.4 Å². The summed E-state index contributed by atoms with van der Waals surface area (Å²) in [5.41, 5.74) is 0. The largest absolute Gasteiger partial charge is 0.462 e. The lowest BCUT2D eigenvalue weighted by Crippen LogP contribution is -2.30. The Morgan fingerprint density at radius 1 is 0.280 bits per heavy atom. The van der Waals surface area contributed by atoms with Crippen molar-refractivity contribution in [1.29, 1.82) is 0 Å². The van der Waals surface area contributed by atoms with Crippen LogP contribution in [0.4, 0.5) is 0 Å². The van der Waals surface area contributed by atoms with Crippen molar-refractivity contribution in [2.75, 3.05) is 13.2 Å². The fourth-order valence-electron chi connectivity index (χ4n) is 8.31. The van der Waals surface area contributed by atoms with Gasteiger partial charge in [0.15, 0.2) is 6.10 Å². The van der Waals surface area contributed by atoms with Gasteiger partial charge in [0.25, 0.3) is 0 Å². The highest BCUT2D eigenvalue weighted by Gasteiger charge is 2.19. The van der Waals surface area contributed by atoms with Crippen LogP contribution in [0, 0.1) is 0 Å². The molecule has 0 aliphatic rings. The molecular weight excluding hydrogens is 925 g/mol. The van der Waals surface area contributed by atoms with Crippen molar-refractivity contribution in [3.05, 3.63) is 122 Å². The number of rotatable bonds is 55. The highest BCUT2D eigenvalue weighted by molar-refractivity contribution is 5.71. The van der Waals surface area contributed by atoms with Gasteiger partial charge in [0, 0.05) is 19.3 Å². The summed E-state index contributed by atoms with van der Waals surface area (Å²) in [5, 5.41) is 0. The molecule has 0 aliphatic heterocycles. The van der Waals surface area contributed by atoms with Crippen molar-refractivity contribution in [2.24, 2.45) is 0 Å². The third-order valence-corrected chi connectivity index (χ3v) is 13.0. The molecule has 0 aromatic heterocycles. The van der Waals surface area contributed by atoms with E-state index in [0.29, 0.717) is 19.3 Å². The van der Waals surface area contributed by atoms with Crippen LogP contribution in [0.1, 0.15) is 278 Å². The maximum absolute atomic E-state index is 12.9. The Labute approximate surface area is 462 Å². The van der Waals surface area contributed by atoms with Crippen molar-refractivity contribution in [3.63, 3.8) is 0 Å². The number of ether oxygens (including phenoxy) is 3. The average Bonchev–Trinajstić information content (AvgIpc) is 3.41. The summed E-state index contributed by atoms with van der Waals surface area (Å²) >= 11 is 0. The Bertz CT molecular complexity index is 1570. The van der Waals surface area contributed by atoms with Crippen LogP contribution in [0.2, 0.25) is 0 Å². The second-order valence-electron chi connectivity index (χ2n) is 20.2. The number of carbonyl (C=O) groups is 3. The molecule has 426 valence electrons. The quantitative estimate of drug-likeness (QED) is 0.0261. The summed E-state index contributed by atoms with van der Waals surface area (Å²) in [6, 6.07) is 0. The van der Waals surface area contributed by atoms with Crippen LogP contribution in [0.3, 0.4) is 0 Å². The van der Waals surface area contributed by atoms with E-state index in [1.807, 2.05) is 0 Å². The summed E-state index contributed by atoms with van der Waals surface area (Å²) in [6.45, 7) is 6.47. The van der Waals surface area contributed by atoms with Crippen LogP contribution < -0.4 is 0 Å². The lowest BCUT2D eigenvalue weighted by molar-refractivity contribution is -0.167. The molecule has 0 rings (SSSR count). The van der Waals surface area contributed by atoms with Gasteiger partial charge >= 0.3 is 17.9 Å². The second kappa shape index (κ2) is 62.4. The number of hydrogen-bond acceptors (Lipinski definition) is 6. The van der Waals surface area contributed by atoms with Gasteiger partial charge in [-0.25, -0.2) is 0 Å². The molecule has 0 saturated carbocycles. The van der Waals surface area contributed by atoms with Crippen molar-refractivity contribution in [3.8, 4) is 0 Å². The van der Waals surface area contributed by atoms with Crippen molar-refractivity contribution >= 4 is 17.9 Å². The number of esters is 3. The molecule has 1 atom stereocenters. The van der Waals surface area contributed by atoms with E-state index in [1.54, 1.807) is 0 Å². The van der Waals surface area contributed by atoms with E-state index >= 15 is 0 Å². The van der Waals surface area contributed by atoms with Crippen LogP contribution in [0.25, 0.3) is 0 Å². The van der Waals surface area contributed by atoms with Crippen LogP contribution in [-0.2, 0) is 28.6 Å². The van der Waals surface area contributed by atoms with Crippen LogP contribution in [0.15, 0.2) is 122 Å². The van der Waals surface area contributed by atoms with E-state index in [2.05, 4.69) is 142 Å². The van der Waals surface area contributed by atoms with Gasteiger partial charge in [-0.05, 0) is 116 Å². The highest BCUT2D eigenvalue weighted by atomic mass is 16.6. The molecule has 6 nitrogen and oxygen atoms in total. The molecule has 0 saturated heterocycles. The lowest BCUT2D eigenvalue weighted by Gasteiger charge is -2.18. The van der Waals surface area contributed by atoms with E-state index in [-0.39, 0.29) is 31.1 Å². The van der Waals surface area contributed by atoms with Gasteiger partial charge in [-0.15, -0.1) is 0 Å². The number of carbonyl (C=O) groups excluding carboxylic acids is 3. The average molecular weight is 1040 g/mol. The lowest BCUT2D eigenvalue weighted by atomic mass is 10.1. The van der Waals surface area contributed by atoms with E-state index in [0.717, 1.165) is 135 Å². The molecule has 0 spiro atoms. The molecule has 75 heavy (non-hydrogen) atoms. The van der Waals surface area contributed by atoms with E-state index in [1.165, 1.54) is 103 Å². The summed E-state index contributed by atoms with van der Waals surface area (Å²) in [5.74, 6) is -0.923. The van der Waals surface area contributed by atoms with Gasteiger partial charge in [0.2, 0.25) is 0 Å². The first kappa shape index (κ1) is 70.8. The molecule has 0 heterocycles. The zero-order valence-electron chi connectivity index (χ0n) is 48.8. The standard InChI is InChI=1S/C69H114O6/c1-4-7-10-13-16-19-22-24-26-28-30-31-32-33-34-35-36-37-38-39-40-42-43-45-47-50-53-56-59-62-68(71)74-65-66(64-73-67(70)61-58-55-52-49-21-18-15-12-9-6-3)75-69(72)63-60-57-54-51-48-46-44-41-29-27-25-23-20-17-14-11-8-5-2/h7,10,16,19-20,23-24,26-27,29-31,33-34,36-37,39-40,43,45,66H,4-6,8-9,11-15,17-18,21-22,25,28,32,35,38,41-42,44,46-65H2,1-3H3/b10-7-,19-16-,23-20-,26-24-,29-27-,31-30-,34-33-,37-36-,40-39-,45-43-. The van der Waals surface area contributed by atoms with Crippen LogP contribution in [-0.4, -0.2) is 37.2 Å². The molecule has 0 aromatic rings. The number of hydrogen-bond donors (Lipinski definition) is 0. The van der Waals surface area contributed by atoms with E-state index < -0.39 is 6.10 Å². The van der Waals surface area contributed by atoms with Gasteiger partial charge in [-0.2, -0.15) is 0 Å². The molecule has 0 aromatic carbocycles. The predicted molar refractivity (Wildman–Crippen MR) is 325 cm³/mol. The summed E-state index contributed by atoms with van der Waals surface area (Å²) in [4.78, 5) is 38.2. The van der Waals surface area contributed by atoms with Gasteiger partial charge < -0.3 is 14.2 Å². The van der Waals surface area contributed by atoms with E-state index in [4.69, 9.17) is 14.2 Å². The molecule has 0 radical (unpaired) electrons. The maximum Gasteiger partial charge on any atom is 0.306 e. The molecule has 0 amide bonds. The van der Waals surface area contributed by atoms with Crippen molar-refractivity contribution < 1.29 is 28.6 Å². The Morgan fingerprint density at radius 2 is 0.520 bits per heavy atom. The Kier molecular flexibility index (Phi) is 58.9. The Balaban J connectivity index is 4.34. The minimum atomic E-state index is -0.794. The van der Waals surface area contributed by atoms with Crippen molar-refractivity contribution in [1.82, 2.24) is 0 Å². The SMILES string of the molecule is CC/C=C\C/C=C\C/C=C\C/C=C\C/C=C\C/C=C\C/C=C\C/C=C\CCCCCCC(=O)OCC(COC(=O)CCCCCCCCCCCC)OC(=O)CCCCCCCCC/C=C\C/C=C\CCCCCC. The van der Waals surface area contributed by atoms with Gasteiger partial charge in [0.1, 0.15) is 13.2 Å². The Hall–Kier alpha value is -4.19. The molecule has 1 unspecified atom stereocenters. The zero-order valence-corrected chi connectivity index (χ0v) is 48.8. The first-order valence-electron chi connectivity index (χ1n) is 31.0. The Morgan fingerprint density at radius 3 is 0.827 bits per heavy atom.